The quantitative estimate of drug-likeness (QED) is 0.822. The van der Waals surface area contributed by atoms with E-state index in [-0.39, 0.29) is 11.8 Å². The molecule has 0 atom stereocenters. The minimum Gasteiger partial charge on any atom is -0.350 e. The van der Waals surface area contributed by atoms with Gasteiger partial charge in [0, 0.05) is 32.1 Å². The first-order valence-electron chi connectivity index (χ1n) is 7.91. The minimum absolute atomic E-state index is 0.0376. The van der Waals surface area contributed by atoms with Gasteiger partial charge in [0.1, 0.15) is 0 Å². The Balaban J connectivity index is 1.90. The topological polar surface area (TPSA) is 49.4 Å². The molecule has 2 aromatic carbocycles. The molecule has 0 aliphatic carbocycles. The molecule has 0 aliphatic rings. The van der Waals surface area contributed by atoms with E-state index in [4.69, 9.17) is 23.2 Å². The first-order valence-corrected chi connectivity index (χ1v) is 8.66. The maximum absolute atomic E-state index is 12.1. The van der Waals surface area contributed by atoms with Gasteiger partial charge in [0.25, 0.3) is 5.91 Å². The molecule has 0 saturated heterocycles. The number of nitrogens with zero attached hydrogens (tertiary/aromatic N) is 1. The van der Waals surface area contributed by atoms with Crippen molar-refractivity contribution in [2.75, 3.05) is 13.1 Å². The second kappa shape index (κ2) is 8.88. The summed E-state index contributed by atoms with van der Waals surface area (Å²) in [5, 5.41) is 3.53. The summed E-state index contributed by atoms with van der Waals surface area (Å²) in [7, 11) is 0. The third-order valence-electron chi connectivity index (χ3n) is 3.79. The second-order valence-corrected chi connectivity index (χ2v) is 6.63. The number of rotatable bonds is 6. The fraction of sp³-hybridized carbons (Fsp3) is 0.263. The molecule has 25 heavy (non-hydrogen) atoms. The van der Waals surface area contributed by atoms with Crippen molar-refractivity contribution in [3.63, 3.8) is 0 Å². The van der Waals surface area contributed by atoms with Gasteiger partial charge in [-0.3, -0.25) is 9.59 Å². The molecule has 2 amide bonds. The van der Waals surface area contributed by atoms with E-state index in [0.29, 0.717) is 35.2 Å². The Morgan fingerprint density at radius 1 is 1.04 bits per heavy atom. The zero-order chi connectivity index (χ0) is 18.4. The van der Waals surface area contributed by atoms with Crippen LogP contribution in [0.5, 0.6) is 0 Å². The first-order chi connectivity index (χ1) is 11.9. The smallest absolute Gasteiger partial charge is 0.251 e. The predicted octanol–water partition coefficient (Wildman–Crippen LogP) is 4.08. The van der Waals surface area contributed by atoms with Crippen LogP contribution < -0.4 is 5.32 Å². The summed E-state index contributed by atoms with van der Waals surface area (Å²) in [6.45, 7) is 4.83. The highest BCUT2D eigenvalue weighted by Gasteiger charge is 2.11. The van der Waals surface area contributed by atoms with Gasteiger partial charge < -0.3 is 10.2 Å². The van der Waals surface area contributed by atoms with Crippen LogP contribution in [-0.4, -0.2) is 29.8 Å². The van der Waals surface area contributed by atoms with E-state index in [1.807, 2.05) is 31.2 Å². The lowest BCUT2D eigenvalue weighted by Gasteiger charge is -2.21. The van der Waals surface area contributed by atoms with E-state index >= 15 is 0 Å². The summed E-state index contributed by atoms with van der Waals surface area (Å²) < 4.78 is 0. The van der Waals surface area contributed by atoms with Gasteiger partial charge in [0.05, 0.1) is 10.0 Å². The Bertz CT molecular complexity index is 761. The van der Waals surface area contributed by atoms with Crippen LogP contribution in [0.2, 0.25) is 10.0 Å². The van der Waals surface area contributed by atoms with Crippen molar-refractivity contribution in [2.45, 2.75) is 20.4 Å². The number of carbonyl (C=O) groups excluding carboxylic acids is 2. The molecular weight excluding hydrogens is 359 g/mol. The van der Waals surface area contributed by atoms with Crippen LogP contribution in [0.1, 0.15) is 28.4 Å². The highest BCUT2D eigenvalue weighted by atomic mass is 35.5. The van der Waals surface area contributed by atoms with Crippen molar-refractivity contribution in [3.8, 4) is 0 Å². The van der Waals surface area contributed by atoms with Gasteiger partial charge in [0.2, 0.25) is 5.91 Å². The largest absolute Gasteiger partial charge is 0.350 e. The Kier molecular flexibility index (Phi) is 6.85. The molecule has 6 heteroatoms. The van der Waals surface area contributed by atoms with Crippen LogP contribution in [0.4, 0.5) is 0 Å². The maximum atomic E-state index is 12.1. The summed E-state index contributed by atoms with van der Waals surface area (Å²) in [5.41, 5.74) is 2.66. The average molecular weight is 379 g/mol. The molecule has 4 nitrogen and oxygen atoms in total. The highest BCUT2D eigenvalue weighted by molar-refractivity contribution is 6.42. The van der Waals surface area contributed by atoms with Crippen molar-refractivity contribution in [1.82, 2.24) is 10.2 Å². The number of halogens is 2. The lowest BCUT2D eigenvalue weighted by atomic mass is 10.1. The molecule has 1 N–H and O–H groups in total. The van der Waals surface area contributed by atoms with E-state index in [2.05, 4.69) is 5.32 Å². The molecular formula is C19H20Cl2N2O2. The molecule has 132 valence electrons. The Morgan fingerprint density at radius 3 is 2.32 bits per heavy atom. The standard InChI is InChI=1S/C19H20Cl2N2O2/c1-13-3-5-15(6-4-13)12-23(14(2)24)10-9-22-19(25)16-7-8-17(20)18(21)11-16/h3-8,11H,9-10,12H2,1-2H3,(H,22,25). The first kappa shape index (κ1) is 19.3. The Morgan fingerprint density at radius 2 is 1.72 bits per heavy atom. The van der Waals surface area contributed by atoms with Crippen LogP contribution in [0.3, 0.4) is 0 Å². The molecule has 0 fully saturated rings. The summed E-state index contributed by atoms with van der Waals surface area (Å²) in [6.07, 6.45) is 0. The van der Waals surface area contributed by atoms with Crippen LogP contribution in [-0.2, 0) is 11.3 Å². The normalized spacial score (nSPS) is 10.4. The molecule has 0 spiro atoms. The summed E-state index contributed by atoms with van der Waals surface area (Å²) in [5.74, 6) is -0.290. The predicted molar refractivity (Wildman–Crippen MR) is 101 cm³/mol. The van der Waals surface area contributed by atoms with E-state index in [1.165, 1.54) is 18.6 Å². The third-order valence-corrected chi connectivity index (χ3v) is 4.53. The lowest BCUT2D eigenvalue weighted by molar-refractivity contribution is -0.129. The van der Waals surface area contributed by atoms with Crippen molar-refractivity contribution in [1.29, 1.82) is 0 Å². The zero-order valence-corrected chi connectivity index (χ0v) is 15.7. The highest BCUT2D eigenvalue weighted by Crippen LogP contribution is 2.22. The van der Waals surface area contributed by atoms with E-state index < -0.39 is 0 Å². The van der Waals surface area contributed by atoms with Gasteiger partial charge in [-0.25, -0.2) is 0 Å². The van der Waals surface area contributed by atoms with Crippen molar-refractivity contribution >= 4 is 35.0 Å². The number of carbonyl (C=O) groups is 2. The van der Waals surface area contributed by atoms with Gasteiger partial charge in [-0.05, 0) is 30.7 Å². The molecule has 2 rings (SSSR count). The van der Waals surface area contributed by atoms with Gasteiger partial charge in [-0.15, -0.1) is 0 Å². The third kappa shape index (κ3) is 5.76. The summed E-state index contributed by atoms with van der Waals surface area (Å²) >= 11 is 11.8. The maximum Gasteiger partial charge on any atom is 0.251 e. The van der Waals surface area contributed by atoms with E-state index in [0.717, 1.165) is 5.56 Å². The number of hydrogen-bond acceptors (Lipinski definition) is 2. The Hall–Kier alpha value is -2.04. The van der Waals surface area contributed by atoms with E-state index in [1.54, 1.807) is 17.0 Å². The molecule has 2 aromatic rings. The Labute approximate surface area is 157 Å². The number of nitrogens with one attached hydrogen (secondary N) is 1. The average Bonchev–Trinajstić information content (AvgIpc) is 2.58. The minimum atomic E-state index is -0.252. The molecule has 0 aromatic heterocycles. The SMILES string of the molecule is CC(=O)N(CCNC(=O)c1ccc(Cl)c(Cl)c1)Cc1ccc(C)cc1. The number of benzene rings is 2. The zero-order valence-electron chi connectivity index (χ0n) is 14.2. The van der Waals surface area contributed by atoms with Gasteiger partial charge in [0.15, 0.2) is 0 Å². The number of amides is 2. The van der Waals surface area contributed by atoms with E-state index in [9.17, 15) is 9.59 Å². The summed E-state index contributed by atoms with van der Waals surface area (Å²) in [6, 6.07) is 12.7. The second-order valence-electron chi connectivity index (χ2n) is 5.81. The molecule has 0 radical (unpaired) electrons. The van der Waals surface area contributed by atoms with Crippen molar-refractivity contribution < 1.29 is 9.59 Å². The molecule has 0 unspecified atom stereocenters. The number of aryl methyl sites for hydroxylation is 1. The van der Waals surface area contributed by atoms with Crippen LogP contribution in [0.25, 0.3) is 0 Å². The lowest BCUT2D eigenvalue weighted by Crippen LogP contribution is -2.37. The van der Waals surface area contributed by atoms with Crippen LogP contribution in [0.15, 0.2) is 42.5 Å². The fourth-order valence-electron chi connectivity index (χ4n) is 2.31. The molecule has 0 aliphatic heterocycles. The van der Waals surface area contributed by atoms with Gasteiger partial charge in [-0.2, -0.15) is 0 Å². The fourth-order valence-corrected chi connectivity index (χ4v) is 2.60. The summed E-state index contributed by atoms with van der Waals surface area (Å²) in [4.78, 5) is 25.7. The molecule has 0 heterocycles. The van der Waals surface area contributed by atoms with Crippen molar-refractivity contribution in [3.05, 3.63) is 69.2 Å². The molecule has 0 saturated carbocycles. The number of hydrogen-bond donors (Lipinski definition) is 1. The van der Waals surface area contributed by atoms with Crippen LogP contribution in [0, 0.1) is 6.92 Å². The van der Waals surface area contributed by atoms with Crippen molar-refractivity contribution in [2.24, 2.45) is 0 Å². The molecule has 0 bridgehead atoms. The van der Waals surface area contributed by atoms with Gasteiger partial charge >= 0.3 is 0 Å². The van der Waals surface area contributed by atoms with Gasteiger partial charge in [-0.1, -0.05) is 53.0 Å². The monoisotopic (exact) mass is 378 g/mol. The van der Waals surface area contributed by atoms with Crippen LogP contribution >= 0.6 is 23.2 Å².